The summed E-state index contributed by atoms with van der Waals surface area (Å²) in [4.78, 5) is 0. The monoisotopic (exact) mass is 167 g/mol. The second-order valence-electron chi connectivity index (χ2n) is 4.79. The van der Waals surface area contributed by atoms with Crippen LogP contribution in [0.2, 0.25) is 0 Å². The number of nitrogens with one attached hydrogen (secondary N) is 1. The molecule has 0 bridgehead atoms. The molecule has 70 valence electrons. The molecule has 1 saturated heterocycles. The SMILES string of the molecule is CC1CCC[C@]12CCCCNC2. The van der Waals surface area contributed by atoms with Gasteiger partial charge in [-0.15, -0.1) is 0 Å². The van der Waals surface area contributed by atoms with Crippen molar-refractivity contribution in [2.45, 2.75) is 45.4 Å². The van der Waals surface area contributed by atoms with E-state index in [1.54, 1.807) is 0 Å². The molecule has 0 aromatic heterocycles. The van der Waals surface area contributed by atoms with Gasteiger partial charge in [-0.25, -0.2) is 0 Å². The summed E-state index contributed by atoms with van der Waals surface area (Å²) in [7, 11) is 0. The van der Waals surface area contributed by atoms with Gasteiger partial charge in [0, 0.05) is 6.54 Å². The highest BCUT2D eigenvalue weighted by Gasteiger charge is 2.39. The maximum atomic E-state index is 3.61. The van der Waals surface area contributed by atoms with Crippen LogP contribution in [0.5, 0.6) is 0 Å². The highest BCUT2D eigenvalue weighted by Crippen LogP contribution is 2.46. The Hall–Kier alpha value is -0.0400. The van der Waals surface area contributed by atoms with Crippen LogP contribution >= 0.6 is 0 Å². The van der Waals surface area contributed by atoms with Gasteiger partial charge in [-0.3, -0.25) is 0 Å². The summed E-state index contributed by atoms with van der Waals surface area (Å²) in [6.45, 7) is 5.02. The normalized spacial score (nSPS) is 43.2. The first-order chi connectivity index (χ1) is 5.83. The Bertz CT molecular complexity index is 145. The first-order valence-corrected chi connectivity index (χ1v) is 5.54. The summed E-state index contributed by atoms with van der Waals surface area (Å²) in [5.74, 6) is 0.975. The highest BCUT2D eigenvalue weighted by molar-refractivity contribution is 4.92. The predicted octanol–water partition coefficient (Wildman–Crippen LogP) is 2.57. The fraction of sp³-hybridized carbons (Fsp3) is 1.00. The van der Waals surface area contributed by atoms with Crippen LogP contribution in [-0.2, 0) is 0 Å². The molecule has 1 saturated carbocycles. The number of hydrogen-bond acceptors (Lipinski definition) is 1. The molecule has 12 heavy (non-hydrogen) atoms. The molecule has 0 aromatic rings. The Kier molecular flexibility index (Phi) is 2.40. The van der Waals surface area contributed by atoms with Crippen molar-refractivity contribution in [1.82, 2.24) is 5.32 Å². The molecule has 1 heterocycles. The Morgan fingerprint density at radius 2 is 2.00 bits per heavy atom. The molecule has 1 heteroatoms. The van der Waals surface area contributed by atoms with Crippen LogP contribution in [0, 0.1) is 11.3 Å². The van der Waals surface area contributed by atoms with Crippen molar-refractivity contribution in [3.63, 3.8) is 0 Å². The van der Waals surface area contributed by atoms with E-state index in [4.69, 9.17) is 0 Å². The molecule has 1 nitrogen and oxygen atoms in total. The van der Waals surface area contributed by atoms with Crippen LogP contribution in [0.4, 0.5) is 0 Å². The van der Waals surface area contributed by atoms with Gasteiger partial charge in [-0.1, -0.05) is 26.2 Å². The fourth-order valence-corrected chi connectivity index (χ4v) is 3.10. The van der Waals surface area contributed by atoms with E-state index < -0.39 is 0 Å². The topological polar surface area (TPSA) is 12.0 Å². The van der Waals surface area contributed by atoms with Crippen LogP contribution in [-0.4, -0.2) is 13.1 Å². The first-order valence-electron chi connectivity index (χ1n) is 5.54. The minimum absolute atomic E-state index is 0.705. The molecule has 1 N–H and O–H groups in total. The van der Waals surface area contributed by atoms with Gasteiger partial charge >= 0.3 is 0 Å². The second-order valence-corrected chi connectivity index (χ2v) is 4.79. The van der Waals surface area contributed by atoms with E-state index in [-0.39, 0.29) is 0 Å². The number of hydrogen-bond donors (Lipinski definition) is 1. The van der Waals surface area contributed by atoms with E-state index in [1.165, 1.54) is 51.6 Å². The van der Waals surface area contributed by atoms with Crippen molar-refractivity contribution in [1.29, 1.82) is 0 Å². The molecular weight excluding hydrogens is 146 g/mol. The van der Waals surface area contributed by atoms with Crippen molar-refractivity contribution in [3.05, 3.63) is 0 Å². The minimum Gasteiger partial charge on any atom is -0.316 e. The zero-order chi connectivity index (χ0) is 8.44. The zero-order valence-electron chi connectivity index (χ0n) is 8.23. The van der Waals surface area contributed by atoms with Crippen LogP contribution < -0.4 is 5.32 Å². The zero-order valence-corrected chi connectivity index (χ0v) is 8.23. The summed E-state index contributed by atoms with van der Waals surface area (Å²) in [5.41, 5.74) is 0.705. The lowest BCUT2D eigenvalue weighted by Gasteiger charge is -2.32. The standard InChI is InChI=1S/C11H21N/c1-10-5-4-7-11(10)6-2-3-8-12-9-11/h10,12H,2-9H2,1H3/t10?,11-/m0/s1. The Balaban J connectivity index is 2.05. The van der Waals surface area contributed by atoms with Gasteiger partial charge in [0.25, 0.3) is 0 Å². The fourth-order valence-electron chi connectivity index (χ4n) is 3.10. The van der Waals surface area contributed by atoms with Gasteiger partial charge in [0.05, 0.1) is 0 Å². The van der Waals surface area contributed by atoms with E-state index in [1.807, 2.05) is 0 Å². The van der Waals surface area contributed by atoms with Gasteiger partial charge in [-0.05, 0) is 37.1 Å². The third kappa shape index (κ3) is 1.39. The lowest BCUT2D eigenvalue weighted by atomic mass is 9.75. The lowest BCUT2D eigenvalue weighted by molar-refractivity contribution is 0.198. The molecule has 2 aliphatic rings. The van der Waals surface area contributed by atoms with Gasteiger partial charge < -0.3 is 5.32 Å². The summed E-state index contributed by atoms with van der Waals surface area (Å²) >= 11 is 0. The van der Waals surface area contributed by atoms with Crippen molar-refractivity contribution in [3.8, 4) is 0 Å². The van der Waals surface area contributed by atoms with Crippen molar-refractivity contribution in [2.24, 2.45) is 11.3 Å². The summed E-state index contributed by atoms with van der Waals surface area (Å²) in [6.07, 6.45) is 8.78. The first kappa shape index (κ1) is 8.55. The molecule has 2 rings (SSSR count). The van der Waals surface area contributed by atoms with Gasteiger partial charge in [-0.2, -0.15) is 0 Å². The van der Waals surface area contributed by atoms with Crippen LogP contribution in [0.1, 0.15) is 45.4 Å². The molecular formula is C11H21N. The average molecular weight is 167 g/mol. The van der Waals surface area contributed by atoms with Gasteiger partial charge in [0.2, 0.25) is 0 Å². The van der Waals surface area contributed by atoms with Crippen LogP contribution in [0.25, 0.3) is 0 Å². The third-order valence-electron chi connectivity index (χ3n) is 4.11. The quantitative estimate of drug-likeness (QED) is 0.584. The van der Waals surface area contributed by atoms with Gasteiger partial charge in [0.15, 0.2) is 0 Å². The largest absolute Gasteiger partial charge is 0.316 e. The van der Waals surface area contributed by atoms with Crippen LogP contribution in [0.3, 0.4) is 0 Å². The molecule has 2 fully saturated rings. The molecule has 1 unspecified atom stereocenters. The maximum absolute atomic E-state index is 3.61. The Morgan fingerprint density at radius 3 is 2.75 bits per heavy atom. The third-order valence-corrected chi connectivity index (χ3v) is 4.11. The van der Waals surface area contributed by atoms with Crippen molar-refractivity contribution < 1.29 is 0 Å². The van der Waals surface area contributed by atoms with Crippen LogP contribution in [0.15, 0.2) is 0 Å². The molecule has 0 radical (unpaired) electrons. The molecule has 0 aromatic carbocycles. The molecule has 2 atom stereocenters. The second kappa shape index (κ2) is 3.37. The molecule has 1 spiro atoms. The smallest absolute Gasteiger partial charge is 0.00104 e. The highest BCUT2D eigenvalue weighted by atomic mass is 14.9. The van der Waals surface area contributed by atoms with Crippen molar-refractivity contribution >= 4 is 0 Å². The Labute approximate surface area is 75.9 Å². The summed E-state index contributed by atoms with van der Waals surface area (Å²) in [6, 6.07) is 0. The number of rotatable bonds is 0. The van der Waals surface area contributed by atoms with Gasteiger partial charge in [0.1, 0.15) is 0 Å². The summed E-state index contributed by atoms with van der Waals surface area (Å²) in [5, 5.41) is 3.61. The van der Waals surface area contributed by atoms with Crippen molar-refractivity contribution in [2.75, 3.05) is 13.1 Å². The van der Waals surface area contributed by atoms with E-state index in [0.717, 1.165) is 5.92 Å². The lowest BCUT2D eigenvalue weighted by Crippen LogP contribution is -2.34. The Morgan fingerprint density at radius 1 is 1.17 bits per heavy atom. The maximum Gasteiger partial charge on any atom is 0.00104 e. The average Bonchev–Trinajstić information content (AvgIpc) is 2.33. The molecule has 0 amide bonds. The summed E-state index contributed by atoms with van der Waals surface area (Å²) < 4.78 is 0. The van der Waals surface area contributed by atoms with E-state index in [0.29, 0.717) is 5.41 Å². The minimum atomic E-state index is 0.705. The molecule has 1 aliphatic carbocycles. The predicted molar refractivity (Wildman–Crippen MR) is 52.2 cm³/mol. The van der Waals surface area contributed by atoms with E-state index >= 15 is 0 Å². The van der Waals surface area contributed by atoms with E-state index in [9.17, 15) is 0 Å². The van der Waals surface area contributed by atoms with E-state index in [2.05, 4.69) is 12.2 Å². The molecule has 1 aliphatic heterocycles.